The Morgan fingerprint density at radius 3 is 2.71 bits per heavy atom. The van der Waals surface area contributed by atoms with Crippen molar-refractivity contribution < 1.29 is 4.79 Å². The van der Waals surface area contributed by atoms with Crippen LogP contribution in [0.3, 0.4) is 0 Å². The number of rotatable bonds is 4. The van der Waals surface area contributed by atoms with Crippen molar-refractivity contribution in [2.75, 3.05) is 13.2 Å². The zero-order valence-corrected chi connectivity index (χ0v) is 9.93. The fraction of sp³-hybridized carbons (Fsp3) is 0.500. The van der Waals surface area contributed by atoms with E-state index >= 15 is 0 Å². The zero-order chi connectivity index (χ0) is 11.7. The van der Waals surface area contributed by atoms with E-state index in [9.17, 15) is 4.79 Å². The highest BCUT2D eigenvalue weighted by molar-refractivity contribution is 5.85. The van der Waals surface area contributed by atoms with Crippen LogP contribution in [0.1, 0.15) is 30.9 Å². The molecule has 1 N–H and O–H groups in total. The number of benzene rings is 1. The molecule has 3 nitrogen and oxygen atoms in total. The van der Waals surface area contributed by atoms with Gasteiger partial charge >= 0.3 is 0 Å². The van der Waals surface area contributed by atoms with Crippen LogP contribution in [-0.4, -0.2) is 24.0 Å². The van der Waals surface area contributed by atoms with Gasteiger partial charge in [0.1, 0.15) is 6.04 Å². The summed E-state index contributed by atoms with van der Waals surface area (Å²) in [6, 6.07) is 9.84. The summed E-state index contributed by atoms with van der Waals surface area (Å²) >= 11 is 0. The van der Waals surface area contributed by atoms with Crippen molar-refractivity contribution in [3.05, 3.63) is 35.9 Å². The van der Waals surface area contributed by atoms with E-state index in [-0.39, 0.29) is 11.9 Å². The molecule has 3 heteroatoms. The van der Waals surface area contributed by atoms with E-state index in [1.54, 1.807) is 0 Å². The van der Waals surface area contributed by atoms with Crippen molar-refractivity contribution in [3.63, 3.8) is 0 Å². The molecule has 1 heterocycles. The quantitative estimate of drug-likeness (QED) is 0.857. The molecule has 1 unspecified atom stereocenters. The lowest BCUT2D eigenvalue weighted by Crippen LogP contribution is -2.28. The highest BCUT2D eigenvalue weighted by atomic mass is 16.2. The van der Waals surface area contributed by atoms with Gasteiger partial charge in [0, 0.05) is 6.54 Å². The summed E-state index contributed by atoms with van der Waals surface area (Å²) in [5, 5.41) is 3.29. The summed E-state index contributed by atoms with van der Waals surface area (Å²) in [6.45, 7) is 1.62. The molecule has 17 heavy (non-hydrogen) atoms. The fourth-order valence-electron chi connectivity index (χ4n) is 2.39. The van der Waals surface area contributed by atoms with Crippen molar-refractivity contribution in [2.45, 2.75) is 25.3 Å². The average molecular weight is 230 g/mol. The van der Waals surface area contributed by atoms with Crippen LogP contribution in [0.2, 0.25) is 0 Å². The molecule has 1 aromatic rings. The molecule has 1 saturated heterocycles. The Hall–Kier alpha value is -1.35. The van der Waals surface area contributed by atoms with Gasteiger partial charge in [0.05, 0.1) is 6.67 Å². The maximum absolute atomic E-state index is 12.2. The Bertz CT molecular complexity index is 400. The molecule has 1 aliphatic heterocycles. The first-order valence-electron chi connectivity index (χ1n) is 6.42. The van der Waals surface area contributed by atoms with Gasteiger partial charge in [-0.05, 0) is 17.9 Å². The predicted octanol–water partition coefficient (Wildman–Crippen LogP) is 1.92. The third-order valence-electron chi connectivity index (χ3n) is 3.68. The molecule has 1 amide bonds. The second-order valence-electron chi connectivity index (χ2n) is 5.04. The van der Waals surface area contributed by atoms with Crippen LogP contribution in [0.25, 0.3) is 0 Å². The van der Waals surface area contributed by atoms with Gasteiger partial charge in [0.25, 0.3) is 0 Å². The van der Waals surface area contributed by atoms with Crippen LogP contribution >= 0.6 is 0 Å². The summed E-state index contributed by atoms with van der Waals surface area (Å²) in [7, 11) is 0. The minimum absolute atomic E-state index is 0.129. The van der Waals surface area contributed by atoms with Gasteiger partial charge in [-0.2, -0.15) is 0 Å². The zero-order valence-electron chi connectivity index (χ0n) is 9.93. The third kappa shape index (κ3) is 2.34. The molecule has 2 fully saturated rings. The minimum atomic E-state index is -0.129. The Kier molecular flexibility index (Phi) is 2.85. The van der Waals surface area contributed by atoms with E-state index in [1.165, 1.54) is 19.3 Å². The van der Waals surface area contributed by atoms with Gasteiger partial charge in [-0.15, -0.1) is 0 Å². The summed E-state index contributed by atoms with van der Waals surface area (Å²) in [6.07, 6.45) is 3.89. The molecular weight excluding hydrogens is 212 g/mol. The lowest BCUT2D eigenvalue weighted by Gasteiger charge is -2.15. The first-order valence-corrected chi connectivity index (χ1v) is 6.42. The summed E-state index contributed by atoms with van der Waals surface area (Å²) in [5.41, 5.74) is 1.08. The van der Waals surface area contributed by atoms with E-state index in [0.29, 0.717) is 6.67 Å². The van der Waals surface area contributed by atoms with Crippen molar-refractivity contribution in [3.8, 4) is 0 Å². The SMILES string of the molecule is O=C1C(c2ccccc2)NCN1CCC1CC1. The molecular formula is C14H18N2O. The summed E-state index contributed by atoms with van der Waals surface area (Å²) < 4.78 is 0. The molecule has 0 spiro atoms. The van der Waals surface area contributed by atoms with Gasteiger partial charge in [0.2, 0.25) is 5.91 Å². The van der Waals surface area contributed by atoms with Crippen molar-refractivity contribution in [1.82, 2.24) is 10.2 Å². The third-order valence-corrected chi connectivity index (χ3v) is 3.68. The standard InChI is InChI=1S/C14H18N2O/c17-14-13(12-4-2-1-3-5-12)15-10-16(14)9-8-11-6-7-11/h1-5,11,13,15H,6-10H2. The lowest BCUT2D eigenvalue weighted by molar-refractivity contribution is -0.129. The summed E-state index contributed by atoms with van der Waals surface area (Å²) in [5.74, 6) is 1.12. The minimum Gasteiger partial charge on any atom is -0.328 e. The van der Waals surface area contributed by atoms with E-state index in [1.807, 2.05) is 35.2 Å². The smallest absolute Gasteiger partial charge is 0.245 e. The molecule has 3 rings (SSSR count). The molecule has 1 aromatic carbocycles. The average Bonchev–Trinajstić information content (AvgIpc) is 3.12. The molecule has 1 saturated carbocycles. The second kappa shape index (κ2) is 4.49. The predicted molar refractivity (Wildman–Crippen MR) is 66.2 cm³/mol. The van der Waals surface area contributed by atoms with Gasteiger partial charge in [-0.3, -0.25) is 10.1 Å². The van der Waals surface area contributed by atoms with E-state index in [4.69, 9.17) is 0 Å². The number of carbonyl (C=O) groups is 1. The molecule has 1 aliphatic carbocycles. The van der Waals surface area contributed by atoms with E-state index in [2.05, 4.69) is 5.32 Å². The lowest BCUT2D eigenvalue weighted by atomic mass is 10.1. The molecule has 1 atom stereocenters. The number of carbonyl (C=O) groups excluding carboxylic acids is 1. The highest BCUT2D eigenvalue weighted by Crippen LogP contribution is 2.33. The van der Waals surface area contributed by atoms with Crippen LogP contribution in [0.4, 0.5) is 0 Å². The van der Waals surface area contributed by atoms with Crippen LogP contribution < -0.4 is 5.32 Å². The first-order chi connectivity index (χ1) is 8.34. The van der Waals surface area contributed by atoms with Gasteiger partial charge < -0.3 is 4.90 Å². The topological polar surface area (TPSA) is 32.3 Å². The van der Waals surface area contributed by atoms with Crippen molar-refractivity contribution >= 4 is 5.91 Å². The van der Waals surface area contributed by atoms with Gasteiger partial charge in [-0.25, -0.2) is 0 Å². The van der Waals surface area contributed by atoms with Crippen molar-refractivity contribution in [1.29, 1.82) is 0 Å². The van der Waals surface area contributed by atoms with Crippen LogP contribution in [0, 0.1) is 5.92 Å². The van der Waals surface area contributed by atoms with Crippen molar-refractivity contribution in [2.24, 2.45) is 5.92 Å². The number of nitrogens with one attached hydrogen (secondary N) is 1. The number of amides is 1. The van der Waals surface area contributed by atoms with Crippen LogP contribution in [0.15, 0.2) is 30.3 Å². The number of hydrogen-bond acceptors (Lipinski definition) is 2. The van der Waals surface area contributed by atoms with Crippen LogP contribution in [-0.2, 0) is 4.79 Å². The Balaban J connectivity index is 1.62. The summed E-state index contributed by atoms with van der Waals surface area (Å²) in [4.78, 5) is 14.2. The molecule has 0 aromatic heterocycles. The molecule has 90 valence electrons. The Morgan fingerprint density at radius 2 is 2.00 bits per heavy atom. The first kappa shape index (κ1) is 10.8. The maximum atomic E-state index is 12.2. The Labute approximate surface area is 102 Å². The van der Waals surface area contributed by atoms with Gasteiger partial charge in [-0.1, -0.05) is 43.2 Å². The molecule has 0 bridgehead atoms. The van der Waals surface area contributed by atoms with E-state index < -0.39 is 0 Å². The normalized spacial score (nSPS) is 24.4. The molecule has 0 radical (unpaired) electrons. The Morgan fingerprint density at radius 1 is 1.24 bits per heavy atom. The highest BCUT2D eigenvalue weighted by Gasteiger charge is 2.33. The maximum Gasteiger partial charge on any atom is 0.245 e. The number of hydrogen-bond donors (Lipinski definition) is 1. The largest absolute Gasteiger partial charge is 0.328 e. The number of nitrogens with zero attached hydrogens (tertiary/aromatic N) is 1. The molecule has 2 aliphatic rings. The van der Waals surface area contributed by atoms with Gasteiger partial charge in [0.15, 0.2) is 0 Å². The van der Waals surface area contributed by atoms with E-state index in [0.717, 1.165) is 18.0 Å². The monoisotopic (exact) mass is 230 g/mol. The van der Waals surface area contributed by atoms with Crippen LogP contribution in [0.5, 0.6) is 0 Å². The second-order valence-corrected chi connectivity index (χ2v) is 5.04. The fourth-order valence-corrected chi connectivity index (χ4v) is 2.39.